The Labute approximate surface area is 424 Å². The molecule has 0 aromatic carbocycles. The predicted molar refractivity (Wildman–Crippen MR) is 291 cm³/mol. The van der Waals surface area contributed by atoms with Gasteiger partial charge in [-0.3, -0.25) is 0 Å². The summed E-state index contributed by atoms with van der Waals surface area (Å²) < 4.78 is 48.7. The van der Waals surface area contributed by atoms with Gasteiger partial charge in [0, 0.05) is 8.22 Å². The molecule has 12 atom stereocenters. The lowest BCUT2D eigenvalue weighted by Gasteiger charge is -2.34. The van der Waals surface area contributed by atoms with Crippen LogP contribution in [0.4, 0.5) is 0 Å². The van der Waals surface area contributed by atoms with Crippen molar-refractivity contribution in [1.82, 2.24) is 0 Å². The SMILES string of the molecule is [2H][C@@]1(C)CCC2CC(C2)C1.[2H][C@@]1(C)CCC2CCC(C2)C1.[2H][C@@]1(C)CCC2CCC(CC2)C1.[2H][C@@]1(C)CCC2CCCC(C2)C1.[2H][C@@]1(C)CCC2CCCC(CC2)C1.[2H][C@@]1(C)CCC2CCCC(CCC2)C1. The van der Waals surface area contributed by atoms with E-state index in [1.165, 1.54) is 231 Å². The lowest BCUT2D eigenvalue weighted by Crippen LogP contribution is -2.20. The molecule has 0 heterocycles. The van der Waals surface area contributed by atoms with Gasteiger partial charge in [0.2, 0.25) is 0 Å². The largest absolute Gasteiger partial charge is 0.0625 e. The number of fused-ring (bicyclic) bond motifs is 22. The molecule has 15 aliphatic carbocycles. The molecule has 0 heteroatoms. The summed E-state index contributed by atoms with van der Waals surface area (Å²) in [4.78, 5) is 0. The highest BCUT2D eigenvalue weighted by Crippen LogP contribution is 2.46. The number of hydrogen-bond acceptors (Lipinski definition) is 0. The van der Waals surface area contributed by atoms with Crippen molar-refractivity contribution >= 4 is 0 Å². The monoisotopic (exact) mass is 919 g/mol. The van der Waals surface area contributed by atoms with Gasteiger partial charge in [-0.15, -0.1) is 0 Å². The number of rotatable bonds is 0. The Bertz CT molecular complexity index is 1530. The molecule has 0 saturated heterocycles. The maximum Gasteiger partial charge on any atom is 0.0300 e. The summed E-state index contributed by atoms with van der Waals surface area (Å²) in [5, 5.41) is 0. The summed E-state index contributed by atoms with van der Waals surface area (Å²) in [6, 6.07) is 0. The van der Waals surface area contributed by atoms with E-state index in [1.54, 1.807) is 0 Å². The van der Waals surface area contributed by atoms with Crippen molar-refractivity contribution in [3.05, 3.63) is 0 Å². The molecule has 0 spiro atoms. The van der Waals surface area contributed by atoms with E-state index in [0.717, 1.165) is 110 Å². The molecule has 384 valence electrons. The Morgan fingerprint density at radius 3 is 0.773 bits per heavy atom. The molecule has 0 aliphatic heterocycles. The van der Waals surface area contributed by atoms with Crippen LogP contribution in [-0.2, 0) is 0 Å². The highest BCUT2D eigenvalue weighted by atomic mass is 14.4. The first-order valence-electron chi connectivity index (χ1n) is 33.9. The summed E-state index contributed by atoms with van der Waals surface area (Å²) in [6.45, 7) is 12.8. The minimum absolute atomic E-state index is 0.0735. The highest BCUT2D eigenvalue weighted by Gasteiger charge is 2.34. The van der Waals surface area contributed by atoms with Crippen molar-refractivity contribution in [2.45, 2.75) is 311 Å². The van der Waals surface area contributed by atoms with E-state index in [-0.39, 0.29) is 35.4 Å². The van der Waals surface area contributed by atoms with Gasteiger partial charge < -0.3 is 0 Å². The third-order valence-corrected chi connectivity index (χ3v) is 21.2. The van der Waals surface area contributed by atoms with Crippen LogP contribution >= 0.6 is 0 Å². The zero-order valence-electron chi connectivity index (χ0n) is 51.6. The summed E-state index contributed by atoms with van der Waals surface area (Å²) in [7, 11) is 0. The van der Waals surface area contributed by atoms with E-state index in [4.69, 9.17) is 8.22 Å². The van der Waals surface area contributed by atoms with E-state index in [1.807, 2.05) is 0 Å². The average Bonchev–Trinajstić information content (AvgIpc) is 3.33. The summed E-state index contributed by atoms with van der Waals surface area (Å²) in [6.07, 6.45) is 56.3. The van der Waals surface area contributed by atoms with Crippen LogP contribution in [0.25, 0.3) is 0 Å². The van der Waals surface area contributed by atoms with Crippen molar-refractivity contribution in [2.24, 2.45) is 106 Å². The number of hydrogen-bond donors (Lipinski definition) is 0. The van der Waals surface area contributed by atoms with Crippen molar-refractivity contribution in [3.63, 3.8) is 0 Å². The zero-order chi connectivity index (χ0) is 51.6. The van der Waals surface area contributed by atoms with Crippen molar-refractivity contribution in [2.75, 3.05) is 0 Å². The summed E-state index contributed by atoms with van der Waals surface area (Å²) in [5.41, 5.74) is 0. The van der Waals surface area contributed by atoms with Gasteiger partial charge in [0.1, 0.15) is 0 Å². The van der Waals surface area contributed by atoms with Crippen LogP contribution in [0.15, 0.2) is 0 Å². The smallest absolute Gasteiger partial charge is 0.0300 e. The average molecular weight is 920 g/mol. The molecular formula is C66H120. The summed E-state index contributed by atoms with van der Waals surface area (Å²) in [5.74, 6) is 10.7. The van der Waals surface area contributed by atoms with Crippen LogP contribution in [0, 0.1) is 106 Å². The fourth-order valence-corrected chi connectivity index (χ4v) is 16.9. The molecular weight excluding hydrogens is 793 g/mol. The second-order valence-corrected chi connectivity index (χ2v) is 27.6. The van der Waals surface area contributed by atoms with Gasteiger partial charge in [-0.05, 0) is 171 Å². The fraction of sp³-hybridized carbons (Fsp3) is 1.00. The molecule has 0 nitrogen and oxygen atoms in total. The molecule has 15 fully saturated rings. The second-order valence-electron chi connectivity index (χ2n) is 27.6. The van der Waals surface area contributed by atoms with Gasteiger partial charge in [-0.2, -0.15) is 0 Å². The predicted octanol–water partition coefficient (Wildman–Crippen LogP) is 21.7. The molecule has 0 aromatic heterocycles. The lowest BCUT2D eigenvalue weighted by molar-refractivity contribution is 0.185. The van der Waals surface area contributed by atoms with Crippen LogP contribution in [0.5, 0.6) is 0 Å². The molecule has 0 N–H and O–H groups in total. The molecule has 66 heavy (non-hydrogen) atoms. The van der Waals surface area contributed by atoms with Crippen LogP contribution in [-0.4, -0.2) is 0 Å². The molecule has 15 saturated carbocycles. The first kappa shape index (κ1) is 45.8. The van der Waals surface area contributed by atoms with E-state index in [2.05, 4.69) is 41.5 Å². The van der Waals surface area contributed by atoms with Gasteiger partial charge >= 0.3 is 0 Å². The van der Waals surface area contributed by atoms with Crippen LogP contribution in [0.3, 0.4) is 0 Å². The van der Waals surface area contributed by atoms with E-state index in [9.17, 15) is 0 Å². The molecule has 15 rings (SSSR count). The molecule has 0 amide bonds. The van der Waals surface area contributed by atoms with Crippen LogP contribution in [0.2, 0.25) is 0 Å². The molecule has 0 radical (unpaired) electrons. The van der Waals surface area contributed by atoms with Gasteiger partial charge in [0.05, 0.1) is 0 Å². The first-order valence-corrected chi connectivity index (χ1v) is 30.9. The Hall–Kier alpha value is 0. The lowest BCUT2D eigenvalue weighted by atomic mass is 9.72. The highest BCUT2D eigenvalue weighted by molar-refractivity contribution is 4.85. The van der Waals surface area contributed by atoms with Crippen LogP contribution in [0.1, 0.15) is 319 Å². The third kappa shape index (κ3) is 19.5. The Morgan fingerprint density at radius 2 is 0.333 bits per heavy atom. The normalized spacial score (nSPS) is 53.0. The topological polar surface area (TPSA) is 0 Å². The van der Waals surface area contributed by atoms with Gasteiger partial charge in [-0.25, -0.2) is 0 Å². The van der Waals surface area contributed by atoms with E-state index < -0.39 is 0 Å². The molecule has 0 aromatic rings. The van der Waals surface area contributed by atoms with Gasteiger partial charge in [0.15, 0.2) is 0 Å². The first-order chi connectivity index (χ1) is 33.9. The maximum atomic E-state index is 8.31. The maximum absolute atomic E-state index is 8.31. The van der Waals surface area contributed by atoms with Gasteiger partial charge in [-0.1, -0.05) is 247 Å². The minimum Gasteiger partial charge on any atom is -0.0625 e. The van der Waals surface area contributed by atoms with Crippen molar-refractivity contribution in [3.8, 4) is 0 Å². The zero-order valence-corrected chi connectivity index (χ0v) is 45.6. The minimum atomic E-state index is -0.113. The standard InChI is InChI=1S/C13H24.C12H22.2C11H20.C10H18.C9H16/c1-11-8-9-12-4-2-6-13(10-11)7-3-5-12;1-10-5-6-11-3-2-4-12(9-10)8-7-11;1-9-2-3-10-4-6-11(8-9)7-5-10;1-9-5-6-10-3-2-4-11(7-9)8-10;1-8-2-3-9-4-5-10(6-8)7-9;1-7-2-3-8-5-9(4-7)6-8/h11-13H,2-10H2,1H3;10-12H,2-9H2,1H3;2*9-11H,2-8H2,1H3;8-10H,2-7H2,1H3;7-9H,2-6H2,1H3/t11-,12?,13?;10-,11?,12?;2*9-,10?,11?;8-,9?,10?;7-,8?,9?/m111111/s1/i11D;10D;2*9D;8D;7D. The Morgan fingerprint density at radius 1 is 0.167 bits per heavy atom. The van der Waals surface area contributed by atoms with E-state index >= 15 is 0 Å². The third-order valence-electron chi connectivity index (χ3n) is 21.2. The Balaban J connectivity index is 0.000000127. The van der Waals surface area contributed by atoms with Crippen LogP contribution < -0.4 is 0 Å². The molecule has 6 unspecified atom stereocenters. The fourth-order valence-electron chi connectivity index (χ4n) is 16.9. The summed E-state index contributed by atoms with van der Waals surface area (Å²) >= 11 is 0. The Kier molecular flexibility index (Phi) is 20.1. The quantitative estimate of drug-likeness (QED) is 0.227. The molecule has 12 bridgehead atoms. The van der Waals surface area contributed by atoms with E-state index in [0.29, 0.717) is 0 Å². The van der Waals surface area contributed by atoms with Gasteiger partial charge in [0.25, 0.3) is 0 Å². The second kappa shape index (κ2) is 28.9. The van der Waals surface area contributed by atoms with Crippen molar-refractivity contribution in [1.29, 1.82) is 0 Å². The molecule has 15 aliphatic rings. The van der Waals surface area contributed by atoms with Crippen molar-refractivity contribution < 1.29 is 8.22 Å².